The number of rotatable bonds is 4. The first kappa shape index (κ1) is 18.3. The third kappa shape index (κ3) is 3.39. The zero-order valence-corrected chi connectivity index (χ0v) is 16.8. The maximum Gasteiger partial charge on any atom is 0.342 e. The van der Waals surface area contributed by atoms with Crippen LogP contribution in [0.25, 0.3) is 33.8 Å². The van der Waals surface area contributed by atoms with Crippen LogP contribution in [0.2, 0.25) is 0 Å². The highest BCUT2D eigenvalue weighted by molar-refractivity contribution is 9.10. The minimum atomic E-state index is -0.428. The maximum atomic E-state index is 12.8. The Bertz CT molecular complexity index is 1100. The molecule has 1 aromatic heterocycles. The van der Waals surface area contributed by atoms with E-state index in [-0.39, 0.29) is 0 Å². The zero-order chi connectivity index (χ0) is 19.5. The molecular formula is C24H17BrO3. The van der Waals surface area contributed by atoms with Gasteiger partial charge in [0.2, 0.25) is 0 Å². The first-order chi connectivity index (χ1) is 13.7. The van der Waals surface area contributed by atoms with E-state index in [4.69, 9.17) is 9.15 Å². The molecule has 0 saturated carbocycles. The number of hydrogen-bond acceptors (Lipinski definition) is 3. The van der Waals surface area contributed by atoms with E-state index in [0.29, 0.717) is 17.1 Å². The van der Waals surface area contributed by atoms with Crippen molar-refractivity contribution >= 4 is 21.9 Å². The Morgan fingerprint density at radius 1 is 0.750 bits per heavy atom. The lowest BCUT2D eigenvalue weighted by atomic mass is 9.95. The number of carbonyl (C=O) groups is 1. The van der Waals surface area contributed by atoms with Crippen LogP contribution in [0.5, 0.6) is 0 Å². The average Bonchev–Trinajstić information content (AvgIpc) is 3.15. The van der Waals surface area contributed by atoms with Crippen molar-refractivity contribution in [2.45, 2.75) is 0 Å². The van der Waals surface area contributed by atoms with Crippen molar-refractivity contribution in [3.8, 4) is 33.8 Å². The minimum Gasteiger partial charge on any atom is -0.465 e. The summed E-state index contributed by atoms with van der Waals surface area (Å²) < 4.78 is 12.4. The smallest absolute Gasteiger partial charge is 0.342 e. The zero-order valence-electron chi connectivity index (χ0n) is 15.2. The van der Waals surface area contributed by atoms with Crippen molar-refractivity contribution in [1.82, 2.24) is 0 Å². The minimum absolute atomic E-state index is 0.426. The van der Waals surface area contributed by atoms with Crippen LogP contribution in [-0.4, -0.2) is 13.1 Å². The number of ether oxygens (including phenoxy) is 1. The molecule has 3 aromatic carbocycles. The summed E-state index contributed by atoms with van der Waals surface area (Å²) in [6.45, 7) is 0. The van der Waals surface area contributed by atoms with Gasteiger partial charge < -0.3 is 9.15 Å². The van der Waals surface area contributed by atoms with Gasteiger partial charge in [-0.3, -0.25) is 0 Å². The Morgan fingerprint density at radius 3 is 1.86 bits per heavy atom. The number of methoxy groups -OCH3 is 1. The number of carbonyl (C=O) groups excluding carboxylic acids is 1. The largest absolute Gasteiger partial charge is 0.465 e. The molecule has 1 heterocycles. The van der Waals surface area contributed by atoms with Crippen LogP contribution in [-0.2, 0) is 4.74 Å². The van der Waals surface area contributed by atoms with E-state index in [0.717, 1.165) is 26.7 Å². The molecule has 0 spiro atoms. The molecule has 0 aliphatic heterocycles. The van der Waals surface area contributed by atoms with Gasteiger partial charge in [-0.05, 0) is 17.7 Å². The van der Waals surface area contributed by atoms with E-state index in [1.807, 2.05) is 84.9 Å². The lowest BCUT2D eigenvalue weighted by Crippen LogP contribution is -2.03. The molecule has 0 aliphatic carbocycles. The average molecular weight is 433 g/mol. The highest BCUT2D eigenvalue weighted by atomic mass is 79.9. The summed E-state index contributed by atoms with van der Waals surface area (Å²) in [5, 5.41) is 0. The summed E-state index contributed by atoms with van der Waals surface area (Å²) in [5.74, 6) is 0.713. The summed E-state index contributed by atoms with van der Waals surface area (Å²) in [6.07, 6.45) is 0. The fourth-order valence-corrected chi connectivity index (χ4v) is 3.47. The molecule has 4 heteroatoms. The molecule has 3 nitrogen and oxygen atoms in total. The molecule has 0 amide bonds. The van der Waals surface area contributed by atoms with E-state index in [9.17, 15) is 4.79 Å². The number of halogens is 1. The summed E-state index contributed by atoms with van der Waals surface area (Å²) >= 11 is 3.45. The Hall–Kier alpha value is -3.11. The quantitative estimate of drug-likeness (QED) is 0.331. The predicted octanol–water partition coefficient (Wildman–Crippen LogP) is 6.83. The molecule has 0 unspecified atom stereocenters. The number of benzene rings is 3. The second kappa shape index (κ2) is 7.87. The fraction of sp³-hybridized carbons (Fsp3) is 0.0417. The van der Waals surface area contributed by atoms with Gasteiger partial charge in [0, 0.05) is 21.2 Å². The van der Waals surface area contributed by atoms with E-state index in [1.165, 1.54) is 7.11 Å². The van der Waals surface area contributed by atoms with Gasteiger partial charge in [0.05, 0.1) is 7.11 Å². The monoisotopic (exact) mass is 432 g/mol. The van der Waals surface area contributed by atoms with Crippen molar-refractivity contribution < 1.29 is 13.9 Å². The molecule has 0 fully saturated rings. The molecule has 4 rings (SSSR count). The molecule has 138 valence electrons. The Balaban J connectivity index is 2.06. The predicted molar refractivity (Wildman–Crippen MR) is 114 cm³/mol. The van der Waals surface area contributed by atoms with Gasteiger partial charge in [0.15, 0.2) is 0 Å². The number of furan rings is 1. The van der Waals surface area contributed by atoms with Gasteiger partial charge in [-0.15, -0.1) is 0 Å². The molecule has 0 radical (unpaired) electrons. The normalized spacial score (nSPS) is 10.6. The highest BCUT2D eigenvalue weighted by Gasteiger charge is 2.28. The molecule has 0 bridgehead atoms. The Kier molecular flexibility index (Phi) is 5.13. The van der Waals surface area contributed by atoms with Crippen molar-refractivity contribution in [1.29, 1.82) is 0 Å². The molecule has 0 saturated heterocycles. The van der Waals surface area contributed by atoms with Gasteiger partial charge in [0.1, 0.15) is 17.1 Å². The van der Waals surface area contributed by atoms with Gasteiger partial charge in [-0.25, -0.2) is 4.79 Å². The SMILES string of the molecule is COC(=O)c1c(-c2ccc(Br)cc2)oc(-c2ccccc2)c1-c1ccccc1. The van der Waals surface area contributed by atoms with Crippen LogP contribution < -0.4 is 0 Å². The van der Waals surface area contributed by atoms with Crippen LogP contribution in [0, 0.1) is 0 Å². The highest BCUT2D eigenvalue weighted by Crippen LogP contribution is 2.43. The number of esters is 1. The van der Waals surface area contributed by atoms with Crippen LogP contribution in [0.4, 0.5) is 0 Å². The first-order valence-electron chi connectivity index (χ1n) is 8.81. The van der Waals surface area contributed by atoms with Gasteiger partial charge in [0.25, 0.3) is 0 Å². The third-order valence-electron chi connectivity index (χ3n) is 4.50. The van der Waals surface area contributed by atoms with Crippen LogP contribution in [0.15, 0.2) is 93.8 Å². The standard InChI is InChI=1S/C24H17BrO3/c1-27-24(26)21-20(16-8-4-2-5-9-16)22(17-10-6-3-7-11-17)28-23(21)18-12-14-19(25)15-13-18/h2-15H,1H3. The molecular weight excluding hydrogens is 416 g/mol. The summed E-state index contributed by atoms with van der Waals surface area (Å²) in [6, 6.07) is 27.2. The second-order valence-corrected chi connectivity index (χ2v) is 7.16. The molecule has 28 heavy (non-hydrogen) atoms. The molecule has 0 N–H and O–H groups in total. The van der Waals surface area contributed by atoms with Crippen molar-refractivity contribution in [3.05, 3.63) is 95.0 Å². The van der Waals surface area contributed by atoms with Crippen LogP contribution in [0.1, 0.15) is 10.4 Å². The van der Waals surface area contributed by atoms with Gasteiger partial charge in [-0.1, -0.05) is 88.7 Å². The number of hydrogen-bond donors (Lipinski definition) is 0. The maximum absolute atomic E-state index is 12.8. The summed E-state index contributed by atoms with van der Waals surface area (Å²) in [5.41, 5.74) is 3.76. The van der Waals surface area contributed by atoms with Crippen molar-refractivity contribution in [2.24, 2.45) is 0 Å². The van der Waals surface area contributed by atoms with Crippen molar-refractivity contribution in [2.75, 3.05) is 7.11 Å². The summed E-state index contributed by atoms with van der Waals surface area (Å²) in [4.78, 5) is 12.8. The first-order valence-corrected chi connectivity index (χ1v) is 9.60. The molecule has 0 aliphatic rings. The topological polar surface area (TPSA) is 39.4 Å². The van der Waals surface area contributed by atoms with E-state index in [2.05, 4.69) is 15.9 Å². The summed E-state index contributed by atoms with van der Waals surface area (Å²) in [7, 11) is 1.39. The van der Waals surface area contributed by atoms with Crippen LogP contribution in [0.3, 0.4) is 0 Å². The molecule has 4 aromatic rings. The fourth-order valence-electron chi connectivity index (χ4n) is 3.21. The van der Waals surface area contributed by atoms with Gasteiger partial charge >= 0.3 is 5.97 Å². The Morgan fingerprint density at radius 2 is 1.29 bits per heavy atom. The van der Waals surface area contributed by atoms with Gasteiger partial charge in [-0.2, -0.15) is 0 Å². The van der Waals surface area contributed by atoms with E-state index >= 15 is 0 Å². The lowest BCUT2D eigenvalue weighted by Gasteiger charge is -2.06. The second-order valence-electron chi connectivity index (χ2n) is 6.24. The Labute approximate surface area is 171 Å². The van der Waals surface area contributed by atoms with Crippen molar-refractivity contribution in [3.63, 3.8) is 0 Å². The van der Waals surface area contributed by atoms with E-state index in [1.54, 1.807) is 0 Å². The lowest BCUT2D eigenvalue weighted by molar-refractivity contribution is 0.0602. The van der Waals surface area contributed by atoms with Crippen LogP contribution >= 0.6 is 15.9 Å². The molecule has 0 atom stereocenters. The third-order valence-corrected chi connectivity index (χ3v) is 5.03. The van der Waals surface area contributed by atoms with E-state index < -0.39 is 5.97 Å².